The largest absolute Gasteiger partial charge is 0.462 e. The second kappa shape index (κ2) is 8.08. The molecular weight excluding hydrogens is 296 g/mol. The smallest absolute Gasteiger partial charge is 0.185 e. The number of Topliss-reactive ketones (excluding diaryl/α,β-unsaturated/α-hetero) is 1. The summed E-state index contributed by atoms with van der Waals surface area (Å²) in [6.45, 7) is 1.47. The molecule has 0 spiro atoms. The lowest BCUT2D eigenvalue weighted by atomic mass is 10.1. The molecule has 120 valence electrons. The zero-order chi connectivity index (χ0) is 16.7. The van der Waals surface area contributed by atoms with Crippen molar-refractivity contribution in [2.24, 2.45) is 0 Å². The molecule has 0 aliphatic heterocycles. The van der Waals surface area contributed by atoms with Crippen LogP contribution in [0.25, 0.3) is 6.08 Å². The molecule has 0 bridgehead atoms. The molecule has 23 heavy (non-hydrogen) atoms. The summed E-state index contributed by atoms with van der Waals surface area (Å²) in [5, 5.41) is 0. The molecule has 0 atom stereocenters. The van der Waals surface area contributed by atoms with Crippen LogP contribution < -0.4 is 0 Å². The van der Waals surface area contributed by atoms with E-state index in [1.807, 2.05) is 0 Å². The summed E-state index contributed by atoms with van der Waals surface area (Å²) < 4.78 is 10.7. The Bertz CT molecular complexity index is 717. The molecule has 0 aromatic carbocycles. The molecule has 0 unspecified atom stereocenters. The van der Waals surface area contributed by atoms with Crippen molar-refractivity contribution in [2.45, 2.75) is 32.6 Å². The summed E-state index contributed by atoms with van der Waals surface area (Å²) in [5.74, 6) is 2.27. The van der Waals surface area contributed by atoms with Crippen LogP contribution in [0.15, 0.2) is 39.2 Å². The topological polar surface area (TPSA) is 77.5 Å². The Kier molecular flexibility index (Phi) is 5.86. The molecule has 5 nitrogen and oxygen atoms in total. The van der Waals surface area contributed by atoms with Crippen LogP contribution in [0.5, 0.6) is 0 Å². The molecule has 0 radical (unpaired) electrons. The minimum atomic E-state index is -0.0474. The van der Waals surface area contributed by atoms with Crippen molar-refractivity contribution in [3.8, 4) is 0 Å². The van der Waals surface area contributed by atoms with Gasteiger partial charge in [0.25, 0.3) is 0 Å². The van der Waals surface area contributed by atoms with Crippen LogP contribution >= 0.6 is 0 Å². The maximum absolute atomic E-state index is 11.9. The van der Waals surface area contributed by atoms with Crippen molar-refractivity contribution in [3.63, 3.8) is 0 Å². The van der Waals surface area contributed by atoms with E-state index in [9.17, 15) is 14.4 Å². The molecule has 0 amide bonds. The average molecular weight is 314 g/mol. The zero-order valence-electron chi connectivity index (χ0n) is 12.9. The predicted molar refractivity (Wildman–Crippen MR) is 84.2 cm³/mol. The number of hydrogen-bond acceptors (Lipinski definition) is 5. The molecule has 0 saturated heterocycles. The Labute approximate surface area is 134 Å². The lowest BCUT2D eigenvalue weighted by Crippen LogP contribution is -2.01. The van der Waals surface area contributed by atoms with Gasteiger partial charge in [-0.2, -0.15) is 0 Å². The van der Waals surface area contributed by atoms with Crippen molar-refractivity contribution in [1.29, 1.82) is 0 Å². The number of allylic oxidation sites excluding steroid dienone is 1. The van der Waals surface area contributed by atoms with Gasteiger partial charge < -0.3 is 8.83 Å². The zero-order valence-corrected chi connectivity index (χ0v) is 12.9. The highest BCUT2D eigenvalue weighted by Crippen LogP contribution is 2.13. The standard InChI is InChI=1S/C18H18O5/c1-13(20)2-5-15-8-9-16(22-15)6-3-14(21)4-7-17-10-11-18(12-19)23-17/h2,5,8-12H,3-4,6-7H2,1H3/b5-2+. The molecule has 2 aromatic rings. The van der Waals surface area contributed by atoms with E-state index in [1.165, 1.54) is 13.0 Å². The van der Waals surface area contributed by atoms with Crippen LogP contribution in [-0.4, -0.2) is 17.9 Å². The number of hydrogen-bond donors (Lipinski definition) is 0. The first-order valence-electron chi connectivity index (χ1n) is 7.40. The highest BCUT2D eigenvalue weighted by atomic mass is 16.3. The van der Waals surface area contributed by atoms with Gasteiger partial charge >= 0.3 is 0 Å². The third-order valence-electron chi connectivity index (χ3n) is 3.26. The van der Waals surface area contributed by atoms with Crippen LogP contribution in [0, 0.1) is 0 Å². The Hall–Kier alpha value is -2.69. The Balaban J connectivity index is 1.75. The summed E-state index contributed by atoms with van der Waals surface area (Å²) in [5.41, 5.74) is 0. The van der Waals surface area contributed by atoms with Crippen LogP contribution in [-0.2, 0) is 22.4 Å². The first-order valence-corrected chi connectivity index (χ1v) is 7.40. The molecule has 0 aliphatic rings. The molecule has 2 heterocycles. The number of ketones is 2. The molecule has 2 rings (SSSR count). The molecule has 0 saturated carbocycles. The van der Waals surface area contributed by atoms with E-state index in [2.05, 4.69) is 0 Å². The Morgan fingerprint density at radius 2 is 1.52 bits per heavy atom. The van der Waals surface area contributed by atoms with Crippen LogP contribution in [0.2, 0.25) is 0 Å². The fourth-order valence-electron chi connectivity index (χ4n) is 2.06. The van der Waals surface area contributed by atoms with Crippen LogP contribution in [0.1, 0.15) is 47.6 Å². The van der Waals surface area contributed by atoms with Gasteiger partial charge in [-0.25, -0.2) is 0 Å². The SMILES string of the molecule is CC(=O)/C=C/c1ccc(CCC(=O)CCc2ccc(C=O)o2)o1. The summed E-state index contributed by atoms with van der Waals surface area (Å²) in [4.78, 5) is 33.2. The Morgan fingerprint density at radius 3 is 2.04 bits per heavy atom. The van der Waals surface area contributed by atoms with Gasteiger partial charge in [-0.3, -0.25) is 14.4 Å². The van der Waals surface area contributed by atoms with Crippen LogP contribution in [0.4, 0.5) is 0 Å². The van der Waals surface area contributed by atoms with Gasteiger partial charge in [0.1, 0.15) is 23.1 Å². The first kappa shape index (κ1) is 16.7. The van der Waals surface area contributed by atoms with Gasteiger partial charge in [0, 0.05) is 25.7 Å². The average Bonchev–Trinajstić information content (AvgIpc) is 3.17. The minimum Gasteiger partial charge on any atom is -0.462 e. The third kappa shape index (κ3) is 5.54. The van der Waals surface area contributed by atoms with Gasteiger partial charge in [-0.15, -0.1) is 0 Å². The van der Waals surface area contributed by atoms with E-state index in [4.69, 9.17) is 8.83 Å². The third-order valence-corrected chi connectivity index (χ3v) is 3.26. The molecule has 0 aliphatic carbocycles. The van der Waals surface area contributed by atoms with E-state index in [-0.39, 0.29) is 17.3 Å². The summed E-state index contributed by atoms with van der Waals surface area (Å²) >= 11 is 0. The number of furan rings is 2. The van der Waals surface area contributed by atoms with Crippen molar-refractivity contribution in [2.75, 3.05) is 0 Å². The predicted octanol–water partition coefficient (Wildman–Crippen LogP) is 3.42. The van der Waals surface area contributed by atoms with E-state index < -0.39 is 0 Å². The number of aryl methyl sites for hydroxylation is 2. The van der Waals surface area contributed by atoms with Crippen LogP contribution in [0.3, 0.4) is 0 Å². The van der Waals surface area contributed by atoms with Crippen molar-refractivity contribution >= 4 is 23.9 Å². The van der Waals surface area contributed by atoms with Gasteiger partial charge in [0.2, 0.25) is 0 Å². The second-order valence-corrected chi connectivity index (χ2v) is 5.21. The molecule has 2 aromatic heterocycles. The fourth-order valence-corrected chi connectivity index (χ4v) is 2.06. The van der Waals surface area contributed by atoms with Gasteiger partial charge in [0.05, 0.1) is 0 Å². The maximum atomic E-state index is 11.9. The highest BCUT2D eigenvalue weighted by Gasteiger charge is 2.08. The van der Waals surface area contributed by atoms with E-state index in [0.29, 0.717) is 49.3 Å². The van der Waals surface area contributed by atoms with Gasteiger partial charge in [-0.1, -0.05) is 0 Å². The number of aldehydes is 1. The quantitative estimate of drug-likeness (QED) is 0.523. The summed E-state index contributed by atoms with van der Waals surface area (Å²) in [6, 6.07) is 6.86. The fraction of sp³-hybridized carbons (Fsp3) is 0.278. The molecule has 5 heteroatoms. The minimum absolute atomic E-state index is 0.0474. The Morgan fingerprint density at radius 1 is 0.957 bits per heavy atom. The number of rotatable bonds is 9. The molecule has 0 N–H and O–H groups in total. The van der Waals surface area contributed by atoms with E-state index in [1.54, 1.807) is 30.3 Å². The van der Waals surface area contributed by atoms with E-state index in [0.717, 1.165) is 0 Å². The summed E-state index contributed by atoms with van der Waals surface area (Å²) in [6.07, 6.45) is 5.43. The van der Waals surface area contributed by atoms with E-state index >= 15 is 0 Å². The first-order chi connectivity index (χ1) is 11.1. The second-order valence-electron chi connectivity index (χ2n) is 5.21. The van der Waals surface area contributed by atoms with Crippen molar-refractivity contribution in [3.05, 3.63) is 53.4 Å². The molecule has 0 fully saturated rings. The highest BCUT2D eigenvalue weighted by molar-refractivity contribution is 5.91. The lowest BCUT2D eigenvalue weighted by molar-refractivity contribution is -0.119. The van der Waals surface area contributed by atoms with Crippen molar-refractivity contribution < 1.29 is 23.2 Å². The normalized spacial score (nSPS) is 11.0. The number of carbonyl (C=O) groups is 3. The maximum Gasteiger partial charge on any atom is 0.185 e. The van der Waals surface area contributed by atoms with Gasteiger partial charge in [-0.05, 0) is 43.3 Å². The van der Waals surface area contributed by atoms with Gasteiger partial charge in [0.15, 0.2) is 17.8 Å². The van der Waals surface area contributed by atoms with Crippen molar-refractivity contribution in [1.82, 2.24) is 0 Å². The lowest BCUT2D eigenvalue weighted by Gasteiger charge is -1.98. The molecular formula is C18H18O5. The summed E-state index contributed by atoms with van der Waals surface area (Å²) in [7, 11) is 0. The monoisotopic (exact) mass is 314 g/mol. The number of carbonyl (C=O) groups excluding carboxylic acids is 3.